The van der Waals surface area contributed by atoms with Crippen LogP contribution in [0.5, 0.6) is 0 Å². The molecule has 1 saturated heterocycles. The number of anilines is 1. The molecule has 5 nitrogen and oxygen atoms in total. The molecule has 0 saturated carbocycles. The largest absolute Gasteiger partial charge is 0.481 e. The highest BCUT2D eigenvalue weighted by atomic mass is 32.1. The molecule has 1 aromatic rings. The van der Waals surface area contributed by atoms with Gasteiger partial charge in [0.25, 0.3) is 0 Å². The number of nitrogens with zero attached hydrogens (tertiary/aromatic N) is 2. The van der Waals surface area contributed by atoms with E-state index in [0.29, 0.717) is 19.1 Å². The average Bonchev–Trinajstić information content (AvgIpc) is 2.91. The van der Waals surface area contributed by atoms with Crippen LogP contribution in [0.4, 0.5) is 5.13 Å². The molecule has 3 rings (SSSR count). The number of thiazole rings is 1. The van der Waals surface area contributed by atoms with Gasteiger partial charge in [0.15, 0.2) is 5.13 Å². The Morgan fingerprint density at radius 3 is 3.05 bits per heavy atom. The molecule has 6 heteroatoms. The van der Waals surface area contributed by atoms with Gasteiger partial charge < -0.3 is 14.7 Å². The first-order valence-corrected chi connectivity index (χ1v) is 7.48. The minimum absolute atomic E-state index is 0.199. The van der Waals surface area contributed by atoms with Gasteiger partial charge in [-0.05, 0) is 26.7 Å². The molecule has 0 spiro atoms. The first kappa shape index (κ1) is 12.9. The van der Waals surface area contributed by atoms with Gasteiger partial charge in [-0.15, -0.1) is 11.3 Å². The zero-order valence-corrected chi connectivity index (χ0v) is 11.9. The van der Waals surface area contributed by atoms with E-state index in [1.165, 1.54) is 0 Å². The molecular weight excluding hydrogens is 264 g/mol. The molecule has 0 radical (unpaired) electrons. The quantitative estimate of drug-likeness (QED) is 0.897. The van der Waals surface area contributed by atoms with Crippen molar-refractivity contribution >= 4 is 22.4 Å². The zero-order chi connectivity index (χ0) is 13.6. The molecular formula is C13H18N2O3S. The van der Waals surface area contributed by atoms with E-state index in [1.807, 2.05) is 0 Å². The maximum atomic E-state index is 11.2. The summed E-state index contributed by atoms with van der Waals surface area (Å²) in [5.41, 5.74) is 0.791. The second kappa shape index (κ2) is 4.76. The van der Waals surface area contributed by atoms with Crippen molar-refractivity contribution in [2.75, 3.05) is 18.1 Å². The first-order valence-electron chi connectivity index (χ1n) is 6.67. The van der Waals surface area contributed by atoms with E-state index in [2.05, 4.69) is 23.7 Å². The molecule has 1 aliphatic carbocycles. The Hall–Kier alpha value is -1.14. The van der Waals surface area contributed by atoms with E-state index in [-0.39, 0.29) is 6.10 Å². The van der Waals surface area contributed by atoms with Crippen LogP contribution in [0.25, 0.3) is 0 Å². The summed E-state index contributed by atoms with van der Waals surface area (Å²) < 4.78 is 5.62. The Kier molecular flexibility index (Phi) is 3.22. The minimum atomic E-state index is -0.751. The van der Waals surface area contributed by atoms with E-state index in [4.69, 9.17) is 4.74 Å². The molecule has 1 N–H and O–H groups in total. The maximum absolute atomic E-state index is 11.2. The monoisotopic (exact) mass is 282 g/mol. The lowest BCUT2D eigenvalue weighted by molar-refractivity contribution is -0.138. The van der Waals surface area contributed by atoms with E-state index in [1.54, 1.807) is 11.3 Å². The summed E-state index contributed by atoms with van der Waals surface area (Å²) >= 11 is 1.65. The molecule has 1 aromatic heterocycles. The van der Waals surface area contributed by atoms with Gasteiger partial charge in [0.1, 0.15) is 5.92 Å². The number of aromatic nitrogens is 1. The smallest absolute Gasteiger partial charge is 0.312 e. The van der Waals surface area contributed by atoms with Crippen LogP contribution >= 0.6 is 11.3 Å². The van der Waals surface area contributed by atoms with Gasteiger partial charge >= 0.3 is 5.97 Å². The predicted octanol–water partition coefficient (Wildman–Crippen LogP) is 1.87. The molecule has 2 aliphatic rings. The normalized spacial score (nSPS) is 30.4. The van der Waals surface area contributed by atoms with Crippen LogP contribution in [0.2, 0.25) is 0 Å². The van der Waals surface area contributed by atoms with Crippen LogP contribution in [0.15, 0.2) is 0 Å². The summed E-state index contributed by atoms with van der Waals surface area (Å²) in [6.45, 7) is 5.70. The van der Waals surface area contributed by atoms with Gasteiger partial charge in [-0.1, -0.05) is 0 Å². The number of rotatable bonds is 2. The molecule has 0 bridgehead atoms. The number of carboxylic acids is 1. The summed E-state index contributed by atoms with van der Waals surface area (Å²) in [5, 5.41) is 10.2. The maximum Gasteiger partial charge on any atom is 0.312 e. The molecule has 3 atom stereocenters. The third-order valence-electron chi connectivity index (χ3n) is 3.86. The second-order valence-electron chi connectivity index (χ2n) is 5.38. The van der Waals surface area contributed by atoms with Crippen molar-refractivity contribution in [3.05, 3.63) is 10.6 Å². The lowest BCUT2D eigenvalue weighted by atomic mass is 10.1. The number of hydrogen-bond acceptors (Lipinski definition) is 5. The van der Waals surface area contributed by atoms with Crippen molar-refractivity contribution in [1.82, 2.24) is 4.98 Å². The lowest BCUT2D eigenvalue weighted by Gasteiger charge is -2.36. The molecule has 104 valence electrons. The van der Waals surface area contributed by atoms with Crippen LogP contribution in [-0.2, 0) is 16.0 Å². The van der Waals surface area contributed by atoms with Gasteiger partial charge in [-0.2, -0.15) is 0 Å². The number of carboxylic acid groups (broad SMARTS) is 1. The number of hydrogen-bond donors (Lipinski definition) is 1. The Morgan fingerprint density at radius 2 is 2.32 bits per heavy atom. The van der Waals surface area contributed by atoms with Crippen LogP contribution in [0.1, 0.15) is 36.8 Å². The number of aryl methyl sites for hydroxylation is 1. The highest BCUT2D eigenvalue weighted by molar-refractivity contribution is 7.15. The minimum Gasteiger partial charge on any atom is -0.481 e. The summed E-state index contributed by atoms with van der Waals surface area (Å²) in [6, 6.07) is 0.297. The highest BCUT2D eigenvalue weighted by Gasteiger charge is 2.34. The van der Waals surface area contributed by atoms with Crippen molar-refractivity contribution in [3.63, 3.8) is 0 Å². The van der Waals surface area contributed by atoms with Gasteiger partial charge in [0.05, 0.1) is 24.4 Å². The fourth-order valence-corrected chi connectivity index (χ4v) is 4.00. The Labute approximate surface area is 116 Å². The van der Waals surface area contributed by atoms with Crippen molar-refractivity contribution in [2.24, 2.45) is 0 Å². The standard InChI is InChI=1S/C13H18N2O3S/c1-7-6-18-8(2)5-15(7)13-14-11-9(12(16)17)3-4-10(11)19-13/h7-9H,3-6H2,1-2H3,(H,16,17). The van der Waals surface area contributed by atoms with E-state index in [0.717, 1.165) is 28.7 Å². The van der Waals surface area contributed by atoms with Crippen molar-refractivity contribution in [2.45, 2.75) is 44.8 Å². The lowest BCUT2D eigenvalue weighted by Crippen LogP contribution is -2.47. The fourth-order valence-electron chi connectivity index (χ4n) is 2.75. The SMILES string of the molecule is CC1CN(c2nc3c(s2)CCC3C(=O)O)C(C)CO1. The molecule has 2 heterocycles. The Morgan fingerprint density at radius 1 is 1.53 bits per heavy atom. The van der Waals surface area contributed by atoms with Crippen molar-refractivity contribution in [1.29, 1.82) is 0 Å². The number of carbonyl (C=O) groups is 1. The number of fused-ring (bicyclic) bond motifs is 1. The van der Waals surface area contributed by atoms with Gasteiger partial charge in [0, 0.05) is 11.4 Å². The third kappa shape index (κ3) is 2.23. The highest BCUT2D eigenvalue weighted by Crippen LogP contribution is 2.40. The Bertz CT molecular complexity index is 502. The van der Waals surface area contributed by atoms with Crippen LogP contribution < -0.4 is 4.90 Å². The molecule has 0 aromatic carbocycles. The van der Waals surface area contributed by atoms with Crippen LogP contribution in [0.3, 0.4) is 0 Å². The summed E-state index contributed by atoms with van der Waals surface area (Å²) in [6.07, 6.45) is 1.74. The predicted molar refractivity (Wildman–Crippen MR) is 73.0 cm³/mol. The third-order valence-corrected chi connectivity index (χ3v) is 5.03. The van der Waals surface area contributed by atoms with Gasteiger partial charge in [-0.25, -0.2) is 4.98 Å². The molecule has 1 aliphatic heterocycles. The van der Waals surface area contributed by atoms with Crippen LogP contribution in [0, 0.1) is 0 Å². The summed E-state index contributed by atoms with van der Waals surface area (Å²) in [5.74, 6) is -1.16. The van der Waals surface area contributed by atoms with Gasteiger partial charge in [0.2, 0.25) is 0 Å². The van der Waals surface area contributed by atoms with Gasteiger partial charge in [-0.3, -0.25) is 4.79 Å². The van der Waals surface area contributed by atoms with E-state index >= 15 is 0 Å². The number of aliphatic carboxylic acids is 1. The van der Waals surface area contributed by atoms with Crippen molar-refractivity contribution < 1.29 is 14.6 Å². The summed E-state index contributed by atoms with van der Waals surface area (Å²) in [7, 11) is 0. The first-order chi connectivity index (χ1) is 9.06. The molecule has 0 amide bonds. The van der Waals surface area contributed by atoms with Crippen molar-refractivity contribution in [3.8, 4) is 0 Å². The van der Waals surface area contributed by atoms with E-state index in [9.17, 15) is 9.90 Å². The number of ether oxygens (including phenoxy) is 1. The number of morpholine rings is 1. The molecule has 19 heavy (non-hydrogen) atoms. The fraction of sp³-hybridized carbons (Fsp3) is 0.692. The van der Waals surface area contributed by atoms with E-state index < -0.39 is 11.9 Å². The average molecular weight is 282 g/mol. The second-order valence-corrected chi connectivity index (χ2v) is 6.44. The Balaban J connectivity index is 1.87. The van der Waals surface area contributed by atoms with Crippen LogP contribution in [-0.4, -0.2) is 41.4 Å². The molecule has 1 fully saturated rings. The topological polar surface area (TPSA) is 62.7 Å². The zero-order valence-electron chi connectivity index (χ0n) is 11.1. The summed E-state index contributed by atoms with van der Waals surface area (Å²) in [4.78, 5) is 19.2. The molecule has 3 unspecified atom stereocenters.